The Bertz CT molecular complexity index is 1490. The number of carbonyl (C=O) groups is 1. The van der Waals surface area contributed by atoms with Gasteiger partial charge in [0.15, 0.2) is 0 Å². The molecule has 41 heavy (non-hydrogen) atoms. The van der Waals surface area contributed by atoms with Crippen LogP contribution in [0.4, 0.5) is 18.9 Å². The summed E-state index contributed by atoms with van der Waals surface area (Å²) in [6.45, 7) is 9.11. The van der Waals surface area contributed by atoms with Gasteiger partial charge in [-0.1, -0.05) is 19.9 Å². The highest BCUT2D eigenvalue weighted by Gasteiger charge is 2.31. The number of pyridine rings is 1. The normalized spacial score (nSPS) is 11.5. The fourth-order valence-corrected chi connectivity index (χ4v) is 4.32. The number of alkyl halides is 3. The quantitative estimate of drug-likeness (QED) is 0.208. The Morgan fingerprint density at radius 3 is 2.51 bits per heavy atom. The second kappa shape index (κ2) is 13.4. The van der Waals surface area contributed by atoms with Crippen LogP contribution in [0.2, 0.25) is 0 Å². The van der Waals surface area contributed by atoms with Gasteiger partial charge in [0, 0.05) is 30.1 Å². The molecule has 214 valence electrons. The molecule has 1 amide bonds. The minimum absolute atomic E-state index is 0.0896. The third kappa shape index (κ3) is 7.88. The third-order valence-corrected chi connectivity index (χ3v) is 6.61. The topological polar surface area (TPSA) is 80.2 Å². The Morgan fingerprint density at radius 2 is 1.78 bits per heavy atom. The molecule has 7 nitrogen and oxygen atoms in total. The number of aromatic nitrogens is 3. The Kier molecular flexibility index (Phi) is 9.67. The maximum Gasteiger partial charge on any atom is 0.416 e. The molecule has 0 aliphatic rings. The number of hydrogen-bond donors (Lipinski definition) is 1. The first-order chi connectivity index (χ1) is 19.7. The predicted molar refractivity (Wildman–Crippen MR) is 152 cm³/mol. The zero-order valence-electron chi connectivity index (χ0n) is 23.2. The largest absolute Gasteiger partial charge is 0.438 e. The fraction of sp³-hybridized carbons (Fsp3) is 0.290. The standard InChI is InChI=1S/C31H32F3N5O2/c1-4-39(5-2)18-8-12-28-35-17-15-26(38-28)25-11-7-16-36-30(25)41-27-14-13-24(19-21(27)3)37-29(40)22-9-6-10-23(20-22)31(32,33)34/h6-7,9-11,13-17,19-20H,4-5,8,12,18H2,1-3H3,(H,37,40). The lowest BCUT2D eigenvalue weighted by Crippen LogP contribution is -2.24. The molecule has 0 unspecified atom stereocenters. The van der Waals surface area contributed by atoms with Gasteiger partial charge in [-0.15, -0.1) is 0 Å². The lowest BCUT2D eigenvalue weighted by Gasteiger charge is -2.17. The first-order valence-electron chi connectivity index (χ1n) is 13.4. The van der Waals surface area contributed by atoms with E-state index in [9.17, 15) is 18.0 Å². The van der Waals surface area contributed by atoms with E-state index in [4.69, 9.17) is 9.72 Å². The SMILES string of the molecule is CCN(CC)CCCc1nccc(-c2cccnc2Oc2ccc(NC(=O)c3cccc(C(F)(F)F)c3)cc2C)n1. The number of benzene rings is 2. The van der Waals surface area contributed by atoms with E-state index < -0.39 is 17.6 Å². The van der Waals surface area contributed by atoms with Crippen LogP contribution in [0, 0.1) is 6.92 Å². The lowest BCUT2D eigenvalue weighted by molar-refractivity contribution is -0.137. The molecule has 4 aromatic rings. The van der Waals surface area contributed by atoms with Crippen LogP contribution in [0.5, 0.6) is 11.6 Å². The van der Waals surface area contributed by atoms with E-state index in [1.807, 2.05) is 18.2 Å². The van der Waals surface area contributed by atoms with E-state index in [0.29, 0.717) is 34.1 Å². The summed E-state index contributed by atoms with van der Waals surface area (Å²) in [5, 5.41) is 2.65. The van der Waals surface area contributed by atoms with Gasteiger partial charge in [-0.3, -0.25) is 4.79 Å². The number of nitrogens with one attached hydrogen (secondary N) is 1. The van der Waals surface area contributed by atoms with Gasteiger partial charge in [0.05, 0.1) is 16.8 Å². The molecule has 0 fully saturated rings. The third-order valence-electron chi connectivity index (χ3n) is 6.61. The molecule has 0 radical (unpaired) electrons. The van der Waals surface area contributed by atoms with Crippen LogP contribution in [-0.2, 0) is 12.6 Å². The molecule has 0 atom stereocenters. The van der Waals surface area contributed by atoms with Crippen LogP contribution < -0.4 is 10.1 Å². The van der Waals surface area contributed by atoms with Gasteiger partial charge in [0.2, 0.25) is 5.88 Å². The van der Waals surface area contributed by atoms with Crippen molar-refractivity contribution in [3.05, 3.63) is 95.6 Å². The maximum atomic E-state index is 13.0. The zero-order chi connectivity index (χ0) is 29.4. The van der Waals surface area contributed by atoms with Gasteiger partial charge in [-0.25, -0.2) is 15.0 Å². The number of hydrogen-bond acceptors (Lipinski definition) is 6. The maximum absolute atomic E-state index is 13.0. The summed E-state index contributed by atoms with van der Waals surface area (Å²) < 4.78 is 45.3. The number of carbonyl (C=O) groups excluding carboxylic acids is 1. The minimum Gasteiger partial charge on any atom is -0.438 e. The van der Waals surface area contributed by atoms with Crippen molar-refractivity contribution in [1.82, 2.24) is 19.9 Å². The molecule has 0 spiro atoms. The van der Waals surface area contributed by atoms with Crippen LogP contribution >= 0.6 is 0 Å². The van der Waals surface area contributed by atoms with Crippen molar-refractivity contribution >= 4 is 11.6 Å². The van der Waals surface area contributed by atoms with Crippen LogP contribution in [0.1, 0.15) is 47.6 Å². The van der Waals surface area contributed by atoms with E-state index in [0.717, 1.165) is 50.4 Å². The Labute approximate surface area is 237 Å². The van der Waals surface area contributed by atoms with Gasteiger partial charge >= 0.3 is 6.18 Å². The molecule has 4 rings (SSSR count). The van der Waals surface area contributed by atoms with Gasteiger partial charge in [0.25, 0.3) is 5.91 Å². The van der Waals surface area contributed by atoms with E-state index in [2.05, 4.69) is 34.0 Å². The zero-order valence-corrected chi connectivity index (χ0v) is 23.2. The number of nitrogens with zero attached hydrogens (tertiary/aromatic N) is 4. The lowest BCUT2D eigenvalue weighted by atomic mass is 10.1. The second-order valence-electron chi connectivity index (χ2n) is 9.46. The van der Waals surface area contributed by atoms with Crippen molar-refractivity contribution < 1.29 is 22.7 Å². The van der Waals surface area contributed by atoms with E-state index in [1.165, 1.54) is 12.1 Å². The summed E-state index contributed by atoms with van der Waals surface area (Å²) in [5.74, 6) is 0.981. The number of rotatable bonds is 11. The summed E-state index contributed by atoms with van der Waals surface area (Å²) in [4.78, 5) is 28.6. The average molecular weight is 564 g/mol. The van der Waals surface area contributed by atoms with E-state index in [-0.39, 0.29) is 5.56 Å². The Hall–Kier alpha value is -4.31. The Morgan fingerprint density at radius 1 is 0.976 bits per heavy atom. The number of ether oxygens (including phenoxy) is 1. The van der Waals surface area contributed by atoms with Crippen molar-refractivity contribution in [3.63, 3.8) is 0 Å². The van der Waals surface area contributed by atoms with Gasteiger partial charge in [-0.05, 0) is 93.1 Å². The van der Waals surface area contributed by atoms with Crippen LogP contribution in [0.15, 0.2) is 73.1 Å². The second-order valence-corrected chi connectivity index (χ2v) is 9.46. The number of aryl methyl sites for hydroxylation is 2. The first-order valence-corrected chi connectivity index (χ1v) is 13.4. The highest BCUT2D eigenvalue weighted by Crippen LogP contribution is 2.33. The highest BCUT2D eigenvalue weighted by atomic mass is 19.4. The summed E-state index contributed by atoms with van der Waals surface area (Å²) in [7, 11) is 0. The molecule has 2 heterocycles. The molecule has 0 aliphatic carbocycles. The number of halogens is 3. The van der Waals surface area contributed by atoms with Crippen LogP contribution in [-0.4, -0.2) is 45.4 Å². The van der Waals surface area contributed by atoms with Gasteiger partial charge in [0.1, 0.15) is 11.6 Å². The number of amides is 1. The fourth-order valence-electron chi connectivity index (χ4n) is 4.32. The smallest absolute Gasteiger partial charge is 0.416 e. The van der Waals surface area contributed by atoms with E-state index in [1.54, 1.807) is 37.5 Å². The van der Waals surface area contributed by atoms with Crippen molar-refractivity contribution in [2.45, 2.75) is 39.8 Å². The summed E-state index contributed by atoms with van der Waals surface area (Å²) >= 11 is 0. The van der Waals surface area contributed by atoms with Gasteiger partial charge in [-0.2, -0.15) is 13.2 Å². The molecule has 0 saturated carbocycles. The van der Waals surface area contributed by atoms with Crippen molar-refractivity contribution in [2.75, 3.05) is 25.0 Å². The van der Waals surface area contributed by atoms with Crippen molar-refractivity contribution in [2.24, 2.45) is 0 Å². The summed E-state index contributed by atoms with van der Waals surface area (Å²) in [6, 6.07) is 14.8. The van der Waals surface area contributed by atoms with Gasteiger partial charge < -0.3 is 15.0 Å². The highest BCUT2D eigenvalue weighted by molar-refractivity contribution is 6.04. The summed E-state index contributed by atoms with van der Waals surface area (Å²) in [5.41, 5.74) is 1.55. The average Bonchev–Trinajstić information content (AvgIpc) is 2.97. The molecule has 1 N–H and O–H groups in total. The molecular formula is C31H32F3N5O2. The first kappa shape index (κ1) is 29.7. The van der Waals surface area contributed by atoms with Crippen molar-refractivity contribution in [3.8, 4) is 22.9 Å². The number of anilines is 1. The minimum atomic E-state index is -4.53. The molecule has 0 aliphatic heterocycles. The van der Waals surface area contributed by atoms with Crippen LogP contribution in [0.3, 0.4) is 0 Å². The van der Waals surface area contributed by atoms with Crippen LogP contribution in [0.25, 0.3) is 11.3 Å². The monoisotopic (exact) mass is 563 g/mol. The predicted octanol–water partition coefficient (Wildman–Crippen LogP) is 7.18. The molecule has 2 aromatic heterocycles. The summed E-state index contributed by atoms with van der Waals surface area (Å²) in [6.07, 6.45) is 0.544. The molecule has 0 saturated heterocycles. The Balaban J connectivity index is 1.47. The van der Waals surface area contributed by atoms with E-state index >= 15 is 0 Å². The molecular weight excluding hydrogens is 531 g/mol. The molecule has 10 heteroatoms. The molecule has 0 bridgehead atoms. The van der Waals surface area contributed by atoms with Crippen molar-refractivity contribution in [1.29, 1.82) is 0 Å². The molecule has 2 aromatic carbocycles.